The first kappa shape index (κ1) is 10.2. The van der Waals surface area contributed by atoms with Gasteiger partial charge in [0.15, 0.2) is 5.43 Å². The molecule has 0 saturated carbocycles. The number of ether oxygens (including phenoxy) is 1. The Hall–Kier alpha value is -1.84. The molecule has 4 heteroatoms. The van der Waals surface area contributed by atoms with Gasteiger partial charge in [0.1, 0.15) is 0 Å². The third-order valence-corrected chi connectivity index (χ3v) is 1.48. The van der Waals surface area contributed by atoms with E-state index < -0.39 is 5.97 Å². The third kappa shape index (κ3) is 3.26. The van der Waals surface area contributed by atoms with E-state index in [0.29, 0.717) is 12.3 Å². The summed E-state index contributed by atoms with van der Waals surface area (Å²) in [6.45, 7) is 2.07. The predicted octanol–water partition coefficient (Wildman–Crippen LogP) is 0.951. The summed E-state index contributed by atoms with van der Waals surface area (Å²) in [7, 11) is 0. The maximum atomic E-state index is 10.9. The summed E-state index contributed by atoms with van der Waals surface area (Å²) in [5.41, 5.74) is 0.470. The van der Waals surface area contributed by atoms with Gasteiger partial charge < -0.3 is 9.72 Å². The van der Waals surface area contributed by atoms with Crippen LogP contribution in [0.1, 0.15) is 12.6 Å². The molecule has 0 aliphatic rings. The number of aromatic nitrogens is 1. The van der Waals surface area contributed by atoms with E-state index >= 15 is 0 Å². The van der Waals surface area contributed by atoms with Crippen LogP contribution in [-0.2, 0) is 9.53 Å². The van der Waals surface area contributed by atoms with Gasteiger partial charge in [0.25, 0.3) is 0 Å². The molecule has 0 unspecified atom stereocenters. The van der Waals surface area contributed by atoms with Crippen molar-refractivity contribution in [2.75, 3.05) is 6.61 Å². The first-order valence-corrected chi connectivity index (χ1v) is 4.26. The summed E-state index contributed by atoms with van der Waals surface area (Å²) < 4.78 is 4.68. The highest BCUT2D eigenvalue weighted by Crippen LogP contribution is 1.93. The summed E-state index contributed by atoms with van der Waals surface area (Å²) in [5.74, 6) is -0.419. The van der Waals surface area contributed by atoms with Gasteiger partial charge >= 0.3 is 5.97 Å². The minimum absolute atomic E-state index is 0.104. The molecule has 0 bridgehead atoms. The van der Waals surface area contributed by atoms with Crippen LogP contribution in [0.4, 0.5) is 0 Å². The highest BCUT2D eigenvalue weighted by Gasteiger charge is 1.93. The van der Waals surface area contributed by atoms with Gasteiger partial charge in [0, 0.05) is 30.1 Å². The van der Waals surface area contributed by atoms with E-state index in [1.807, 2.05) is 0 Å². The van der Waals surface area contributed by atoms with Crippen LogP contribution in [0, 0.1) is 0 Å². The number of aromatic amines is 1. The number of carbonyl (C=O) groups is 1. The van der Waals surface area contributed by atoms with Crippen molar-refractivity contribution in [1.29, 1.82) is 0 Å². The van der Waals surface area contributed by atoms with Crippen molar-refractivity contribution in [2.45, 2.75) is 6.92 Å². The monoisotopic (exact) mass is 193 g/mol. The van der Waals surface area contributed by atoms with Crippen LogP contribution in [0.15, 0.2) is 29.2 Å². The molecule has 1 rings (SSSR count). The number of hydrogen-bond acceptors (Lipinski definition) is 3. The molecule has 0 spiro atoms. The van der Waals surface area contributed by atoms with Crippen LogP contribution in [0.3, 0.4) is 0 Å². The molecule has 0 amide bonds. The number of H-pyrrole nitrogens is 1. The van der Waals surface area contributed by atoms with Crippen molar-refractivity contribution >= 4 is 12.0 Å². The number of rotatable bonds is 3. The average Bonchev–Trinajstić information content (AvgIpc) is 2.15. The van der Waals surface area contributed by atoms with E-state index in [0.717, 1.165) is 0 Å². The molecule has 0 atom stereocenters. The smallest absolute Gasteiger partial charge is 0.330 e. The Kier molecular flexibility index (Phi) is 3.67. The Balaban J connectivity index is 2.69. The fourth-order valence-corrected chi connectivity index (χ4v) is 0.907. The molecule has 0 radical (unpaired) electrons. The third-order valence-electron chi connectivity index (χ3n) is 1.48. The molecule has 1 N–H and O–H groups in total. The van der Waals surface area contributed by atoms with E-state index in [4.69, 9.17) is 0 Å². The summed E-state index contributed by atoms with van der Waals surface area (Å²) >= 11 is 0. The highest BCUT2D eigenvalue weighted by atomic mass is 16.5. The molecule has 1 heterocycles. The fourth-order valence-electron chi connectivity index (χ4n) is 0.907. The number of carbonyl (C=O) groups excluding carboxylic acids is 1. The van der Waals surface area contributed by atoms with Gasteiger partial charge in [0.2, 0.25) is 0 Å². The SMILES string of the molecule is CCOC(=O)C=Cc1cc(=O)cc[nH]1. The molecular weight excluding hydrogens is 182 g/mol. The van der Waals surface area contributed by atoms with Gasteiger partial charge in [-0.3, -0.25) is 4.79 Å². The number of nitrogens with one attached hydrogen (secondary N) is 1. The van der Waals surface area contributed by atoms with Crippen LogP contribution in [-0.4, -0.2) is 17.6 Å². The van der Waals surface area contributed by atoms with Crippen molar-refractivity contribution < 1.29 is 9.53 Å². The fraction of sp³-hybridized carbons (Fsp3) is 0.200. The second-order valence-corrected chi connectivity index (χ2v) is 2.57. The predicted molar refractivity (Wildman–Crippen MR) is 52.7 cm³/mol. The van der Waals surface area contributed by atoms with Gasteiger partial charge in [-0.15, -0.1) is 0 Å². The molecule has 1 aromatic heterocycles. The minimum Gasteiger partial charge on any atom is -0.463 e. The Bertz CT molecular complexity index is 392. The molecule has 0 saturated heterocycles. The van der Waals surface area contributed by atoms with Crippen LogP contribution < -0.4 is 5.43 Å². The molecular formula is C10H11NO3. The lowest BCUT2D eigenvalue weighted by molar-refractivity contribution is -0.137. The van der Waals surface area contributed by atoms with Gasteiger partial charge in [-0.05, 0) is 13.0 Å². The van der Waals surface area contributed by atoms with Crippen molar-refractivity contribution in [1.82, 2.24) is 4.98 Å². The van der Waals surface area contributed by atoms with Crippen molar-refractivity contribution in [2.24, 2.45) is 0 Å². The molecule has 14 heavy (non-hydrogen) atoms. The quantitative estimate of drug-likeness (QED) is 0.574. The Morgan fingerprint density at radius 2 is 2.43 bits per heavy atom. The van der Waals surface area contributed by atoms with E-state index in [1.54, 1.807) is 6.92 Å². The van der Waals surface area contributed by atoms with Crippen LogP contribution >= 0.6 is 0 Å². The van der Waals surface area contributed by atoms with Crippen molar-refractivity contribution in [3.05, 3.63) is 40.3 Å². The van der Waals surface area contributed by atoms with Crippen LogP contribution in [0.25, 0.3) is 6.08 Å². The summed E-state index contributed by atoms with van der Waals surface area (Å²) in [5, 5.41) is 0. The molecule has 0 aliphatic carbocycles. The normalized spacial score (nSPS) is 10.4. The molecule has 4 nitrogen and oxygen atoms in total. The van der Waals surface area contributed by atoms with Gasteiger partial charge in [0.05, 0.1) is 6.61 Å². The minimum atomic E-state index is -0.419. The van der Waals surface area contributed by atoms with Gasteiger partial charge in [-0.2, -0.15) is 0 Å². The average molecular weight is 193 g/mol. The molecule has 0 aromatic carbocycles. The zero-order valence-corrected chi connectivity index (χ0v) is 7.82. The van der Waals surface area contributed by atoms with E-state index in [-0.39, 0.29) is 5.43 Å². The lowest BCUT2D eigenvalue weighted by Gasteiger charge is -1.94. The maximum absolute atomic E-state index is 10.9. The largest absolute Gasteiger partial charge is 0.463 e. The van der Waals surface area contributed by atoms with Crippen LogP contribution in [0.5, 0.6) is 0 Å². The topological polar surface area (TPSA) is 59.2 Å². The molecule has 0 fully saturated rings. The molecule has 1 aromatic rings. The van der Waals surface area contributed by atoms with Crippen molar-refractivity contribution in [3.63, 3.8) is 0 Å². The van der Waals surface area contributed by atoms with Crippen molar-refractivity contribution in [3.8, 4) is 0 Å². The number of pyridine rings is 1. The number of hydrogen-bond donors (Lipinski definition) is 1. The Labute approximate surface area is 81.2 Å². The first-order chi connectivity index (χ1) is 6.72. The van der Waals surface area contributed by atoms with E-state index in [1.165, 1.54) is 30.5 Å². The van der Waals surface area contributed by atoms with E-state index in [2.05, 4.69) is 9.72 Å². The molecule has 74 valence electrons. The number of esters is 1. The highest BCUT2D eigenvalue weighted by molar-refractivity contribution is 5.86. The lowest BCUT2D eigenvalue weighted by atomic mass is 10.3. The summed E-state index contributed by atoms with van der Waals surface area (Å²) in [4.78, 5) is 24.6. The Morgan fingerprint density at radius 1 is 1.64 bits per heavy atom. The lowest BCUT2D eigenvalue weighted by Crippen LogP contribution is -2.00. The van der Waals surface area contributed by atoms with Gasteiger partial charge in [-0.1, -0.05) is 0 Å². The summed E-state index contributed by atoms with van der Waals surface area (Å²) in [6, 6.07) is 2.80. The zero-order valence-electron chi connectivity index (χ0n) is 7.82. The van der Waals surface area contributed by atoms with E-state index in [9.17, 15) is 9.59 Å². The zero-order chi connectivity index (χ0) is 10.4. The molecule has 0 aliphatic heterocycles. The standard InChI is InChI=1S/C10H11NO3/c1-2-14-10(13)4-3-8-7-9(12)5-6-11-8/h3-7H,2H2,1H3,(H,11,12). The summed E-state index contributed by atoms with van der Waals surface area (Å²) in [6.07, 6.45) is 4.29. The first-order valence-electron chi connectivity index (χ1n) is 4.26. The van der Waals surface area contributed by atoms with Gasteiger partial charge in [-0.25, -0.2) is 4.79 Å². The second-order valence-electron chi connectivity index (χ2n) is 2.57. The Morgan fingerprint density at radius 3 is 3.07 bits per heavy atom. The van der Waals surface area contributed by atoms with Crippen LogP contribution in [0.2, 0.25) is 0 Å². The second kappa shape index (κ2) is 5.01. The maximum Gasteiger partial charge on any atom is 0.330 e.